The summed E-state index contributed by atoms with van der Waals surface area (Å²) in [4.78, 5) is 11.2. The Balaban J connectivity index is 2.06. The fourth-order valence-corrected chi connectivity index (χ4v) is 1.78. The summed E-state index contributed by atoms with van der Waals surface area (Å²) < 4.78 is 5.39. The molecule has 18 heavy (non-hydrogen) atoms. The zero-order valence-corrected chi connectivity index (χ0v) is 10.1. The monoisotopic (exact) mass is 245 g/mol. The van der Waals surface area contributed by atoms with Crippen LogP contribution in [0.4, 0.5) is 0 Å². The number of furan rings is 1. The topological polar surface area (TPSA) is 62.5 Å². The Labute approximate surface area is 105 Å². The van der Waals surface area contributed by atoms with Gasteiger partial charge in [0.25, 0.3) is 0 Å². The molecule has 1 heterocycles. The van der Waals surface area contributed by atoms with Gasteiger partial charge in [-0.3, -0.25) is 10.1 Å². The van der Waals surface area contributed by atoms with Gasteiger partial charge in [-0.2, -0.15) is 0 Å². The van der Waals surface area contributed by atoms with Gasteiger partial charge in [-0.15, -0.1) is 0 Å². The van der Waals surface area contributed by atoms with Gasteiger partial charge in [0.05, 0.1) is 6.54 Å². The third kappa shape index (κ3) is 2.99. The van der Waals surface area contributed by atoms with E-state index in [-0.39, 0.29) is 0 Å². The molecule has 0 amide bonds. The molecule has 0 spiro atoms. The normalized spacial score (nSPS) is 12.3. The lowest BCUT2D eigenvalue weighted by Crippen LogP contribution is -2.27. The number of hydrogen-bond donors (Lipinski definition) is 2. The highest BCUT2D eigenvalue weighted by atomic mass is 16.4. The molecule has 1 unspecified atom stereocenters. The summed E-state index contributed by atoms with van der Waals surface area (Å²) in [6.07, 6.45) is 0. The Kier molecular flexibility index (Phi) is 3.79. The van der Waals surface area contributed by atoms with Crippen molar-refractivity contribution in [1.82, 2.24) is 5.32 Å². The second kappa shape index (κ2) is 5.51. The van der Waals surface area contributed by atoms with Crippen molar-refractivity contribution in [2.45, 2.75) is 19.5 Å². The predicted molar refractivity (Wildman–Crippen MR) is 67.1 cm³/mol. The maximum atomic E-state index is 11.2. The maximum absolute atomic E-state index is 11.2. The van der Waals surface area contributed by atoms with E-state index in [1.165, 1.54) is 0 Å². The minimum atomic E-state index is -0.899. The highest BCUT2D eigenvalue weighted by molar-refractivity contribution is 5.75. The molecule has 2 rings (SSSR count). The molecule has 0 saturated heterocycles. The third-order valence-corrected chi connectivity index (χ3v) is 2.66. The molecule has 4 nitrogen and oxygen atoms in total. The Hall–Kier alpha value is -2.07. The summed E-state index contributed by atoms with van der Waals surface area (Å²) in [7, 11) is 0. The lowest BCUT2D eigenvalue weighted by atomic mass is 10.1. The number of carbonyl (C=O) groups is 1. The summed E-state index contributed by atoms with van der Waals surface area (Å²) >= 11 is 0. The van der Waals surface area contributed by atoms with Crippen LogP contribution in [0.25, 0.3) is 0 Å². The largest absolute Gasteiger partial charge is 0.480 e. The molecule has 0 saturated carbocycles. The molecular weight excluding hydrogens is 230 g/mol. The van der Waals surface area contributed by atoms with E-state index in [2.05, 4.69) is 5.32 Å². The quantitative estimate of drug-likeness (QED) is 0.849. The van der Waals surface area contributed by atoms with Gasteiger partial charge in [0, 0.05) is 0 Å². The summed E-state index contributed by atoms with van der Waals surface area (Å²) in [5.41, 5.74) is 0.730. The van der Waals surface area contributed by atoms with Crippen LogP contribution in [0.1, 0.15) is 23.1 Å². The molecule has 0 aliphatic heterocycles. The van der Waals surface area contributed by atoms with Gasteiger partial charge in [-0.05, 0) is 24.6 Å². The van der Waals surface area contributed by atoms with E-state index >= 15 is 0 Å². The van der Waals surface area contributed by atoms with Gasteiger partial charge in [0.1, 0.15) is 17.6 Å². The number of aliphatic carboxylic acids is 1. The molecule has 0 radical (unpaired) electrons. The van der Waals surface area contributed by atoms with Gasteiger partial charge in [0.15, 0.2) is 0 Å². The van der Waals surface area contributed by atoms with E-state index in [1.54, 1.807) is 12.1 Å². The van der Waals surface area contributed by atoms with E-state index in [0.717, 1.165) is 17.1 Å². The molecule has 0 fully saturated rings. The number of hydrogen-bond acceptors (Lipinski definition) is 3. The minimum absolute atomic E-state index is 0.389. The van der Waals surface area contributed by atoms with Crippen LogP contribution in [0, 0.1) is 6.92 Å². The average molecular weight is 245 g/mol. The number of nitrogens with one attached hydrogen (secondary N) is 1. The fraction of sp³-hybridized carbons (Fsp3) is 0.214. The molecular formula is C14H15NO3. The second-order valence-electron chi connectivity index (χ2n) is 4.08. The van der Waals surface area contributed by atoms with Gasteiger partial charge in [-0.25, -0.2) is 0 Å². The van der Waals surface area contributed by atoms with Crippen molar-refractivity contribution >= 4 is 5.97 Å². The highest BCUT2D eigenvalue weighted by Gasteiger charge is 2.19. The van der Waals surface area contributed by atoms with Crippen LogP contribution in [0.15, 0.2) is 46.9 Å². The van der Waals surface area contributed by atoms with Crippen molar-refractivity contribution in [1.29, 1.82) is 0 Å². The molecule has 4 heteroatoms. The van der Waals surface area contributed by atoms with Crippen LogP contribution < -0.4 is 5.32 Å². The first-order valence-corrected chi connectivity index (χ1v) is 5.73. The molecule has 94 valence electrons. The standard InChI is InChI=1S/C14H15NO3/c1-10-7-8-12(18-10)9-15-13(14(16)17)11-5-3-2-4-6-11/h2-8,13,15H,9H2,1H3,(H,16,17). The summed E-state index contributed by atoms with van der Waals surface area (Å²) in [6, 6.07) is 12.1. The fourth-order valence-electron chi connectivity index (χ4n) is 1.78. The van der Waals surface area contributed by atoms with E-state index in [4.69, 9.17) is 4.42 Å². The van der Waals surface area contributed by atoms with Crippen LogP contribution in [0.3, 0.4) is 0 Å². The van der Waals surface area contributed by atoms with E-state index in [1.807, 2.05) is 37.3 Å². The summed E-state index contributed by atoms with van der Waals surface area (Å²) in [6.45, 7) is 2.25. The molecule has 1 aromatic carbocycles. The van der Waals surface area contributed by atoms with Crippen LogP contribution in [-0.4, -0.2) is 11.1 Å². The van der Waals surface area contributed by atoms with Crippen molar-refractivity contribution < 1.29 is 14.3 Å². The van der Waals surface area contributed by atoms with Crippen LogP contribution in [0.2, 0.25) is 0 Å². The van der Waals surface area contributed by atoms with E-state index in [0.29, 0.717) is 6.54 Å². The SMILES string of the molecule is Cc1ccc(CNC(C(=O)O)c2ccccc2)o1. The van der Waals surface area contributed by atoms with Crippen molar-refractivity contribution in [2.24, 2.45) is 0 Å². The number of benzene rings is 1. The van der Waals surface area contributed by atoms with E-state index in [9.17, 15) is 9.90 Å². The minimum Gasteiger partial charge on any atom is -0.480 e. The molecule has 1 atom stereocenters. The molecule has 2 aromatic rings. The average Bonchev–Trinajstić information content (AvgIpc) is 2.76. The van der Waals surface area contributed by atoms with Crippen LogP contribution in [-0.2, 0) is 11.3 Å². The Morgan fingerprint density at radius 2 is 2.00 bits per heavy atom. The Bertz CT molecular complexity index is 519. The molecule has 0 aliphatic carbocycles. The number of carboxylic acid groups (broad SMARTS) is 1. The van der Waals surface area contributed by atoms with Gasteiger partial charge < -0.3 is 9.52 Å². The number of carboxylic acids is 1. The zero-order valence-electron chi connectivity index (χ0n) is 10.1. The third-order valence-electron chi connectivity index (χ3n) is 2.66. The van der Waals surface area contributed by atoms with E-state index < -0.39 is 12.0 Å². The van der Waals surface area contributed by atoms with Crippen LogP contribution >= 0.6 is 0 Å². The molecule has 0 aliphatic rings. The van der Waals surface area contributed by atoms with Crippen molar-refractivity contribution in [2.75, 3.05) is 0 Å². The van der Waals surface area contributed by atoms with Crippen molar-refractivity contribution in [3.8, 4) is 0 Å². The number of aryl methyl sites for hydroxylation is 1. The van der Waals surface area contributed by atoms with Crippen LogP contribution in [0.5, 0.6) is 0 Å². The first kappa shape index (κ1) is 12.4. The number of rotatable bonds is 5. The molecule has 0 bridgehead atoms. The summed E-state index contributed by atoms with van der Waals surface area (Å²) in [5, 5.41) is 12.2. The smallest absolute Gasteiger partial charge is 0.325 e. The van der Waals surface area contributed by atoms with Gasteiger partial charge in [-0.1, -0.05) is 30.3 Å². The second-order valence-corrected chi connectivity index (χ2v) is 4.08. The lowest BCUT2D eigenvalue weighted by Gasteiger charge is -2.13. The summed E-state index contributed by atoms with van der Waals surface area (Å²) in [5.74, 6) is 0.651. The predicted octanol–water partition coefficient (Wildman–Crippen LogP) is 2.50. The highest BCUT2D eigenvalue weighted by Crippen LogP contribution is 2.14. The molecule has 1 aromatic heterocycles. The Morgan fingerprint density at radius 3 is 2.56 bits per heavy atom. The zero-order chi connectivity index (χ0) is 13.0. The van der Waals surface area contributed by atoms with Gasteiger partial charge >= 0.3 is 5.97 Å². The lowest BCUT2D eigenvalue weighted by molar-refractivity contribution is -0.139. The van der Waals surface area contributed by atoms with Gasteiger partial charge in [0.2, 0.25) is 0 Å². The maximum Gasteiger partial charge on any atom is 0.325 e. The first-order chi connectivity index (χ1) is 8.66. The molecule has 2 N–H and O–H groups in total. The first-order valence-electron chi connectivity index (χ1n) is 5.73. The van der Waals surface area contributed by atoms with Crippen molar-refractivity contribution in [3.05, 3.63) is 59.5 Å². The Morgan fingerprint density at radius 1 is 1.28 bits per heavy atom. The van der Waals surface area contributed by atoms with Crippen molar-refractivity contribution in [3.63, 3.8) is 0 Å².